The van der Waals surface area contributed by atoms with Crippen molar-refractivity contribution < 1.29 is 27.6 Å². The molecule has 3 amide bonds. The lowest BCUT2D eigenvalue weighted by Crippen LogP contribution is -2.62. The second-order valence-electron chi connectivity index (χ2n) is 11.1. The maximum atomic E-state index is 14.0. The Morgan fingerprint density at radius 1 is 0.875 bits per heavy atom. The molecule has 0 bridgehead atoms. The van der Waals surface area contributed by atoms with Gasteiger partial charge in [-0.3, -0.25) is 14.4 Å². The Labute approximate surface area is 229 Å². The van der Waals surface area contributed by atoms with E-state index in [-0.39, 0.29) is 24.5 Å². The molecule has 2 heterocycles. The minimum atomic E-state index is -2.92. The summed E-state index contributed by atoms with van der Waals surface area (Å²) < 4.78 is 33.8. The Bertz CT molecular complexity index is 1540. The van der Waals surface area contributed by atoms with Crippen molar-refractivity contribution in [3.63, 3.8) is 0 Å². The van der Waals surface area contributed by atoms with Gasteiger partial charge in [-0.1, -0.05) is 24.3 Å². The fourth-order valence-electron chi connectivity index (χ4n) is 5.29. The van der Waals surface area contributed by atoms with Crippen molar-refractivity contribution in [2.75, 3.05) is 13.1 Å². The van der Waals surface area contributed by atoms with Crippen molar-refractivity contribution in [2.24, 2.45) is 0 Å². The van der Waals surface area contributed by atoms with Gasteiger partial charge in [-0.05, 0) is 67.5 Å². The number of hydrogen-bond acceptors (Lipinski definition) is 5. The van der Waals surface area contributed by atoms with Crippen molar-refractivity contribution in [1.29, 1.82) is 5.26 Å². The first-order valence-electron chi connectivity index (χ1n) is 13.5. The monoisotopic (exact) mass is 546 g/mol. The minimum absolute atomic E-state index is 0.0167. The molecular weight excluding hydrogens is 518 g/mol. The molecule has 0 radical (unpaired) electrons. The zero-order chi connectivity index (χ0) is 28.1. The van der Waals surface area contributed by atoms with E-state index in [0.717, 1.165) is 30.6 Å². The fourth-order valence-corrected chi connectivity index (χ4v) is 5.29. The van der Waals surface area contributed by atoms with Crippen LogP contribution in [0.3, 0.4) is 0 Å². The van der Waals surface area contributed by atoms with Gasteiger partial charge >= 0.3 is 0 Å². The molecule has 6 rings (SSSR count). The van der Waals surface area contributed by atoms with Gasteiger partial charge in [0, 0.05) is 36.9 Å². The molecule has 206 valence electrons. The molecule has 2 aliphatic carbocycles. The van der Waals surface area contributed by atoms with Gasteiger partial charge in [0.25, 0.3) is 11.8 Å². The molecule has 3 aromatic rings. The van der Waals surface area contributed by atoms with Crippen LogP contribution in [0.25, 0.3) is 22.1 Å². The molecule has 10 heteroatoms. The Morgan fingerprint density at radius 2 is 1.55 bits per heavy atom. The number of fused-ring (bicyclic) bond motifs is 1. The van der Waals surface area contributed by atoms with Crippen LogP contribution in [-0.2, 0) is 4.79 Å². The molecule has 3 fully saturated rings. The number of benzene rings is 2. The minimum Gasteiger partial charge on any atom is -0.451 e. The number of nitrogens with zero attached hydrogens (tertiary/aromatic N) is 2. The first kappa shape index (κ1) is 26.0. The summed E-state index contributed by atoms with van der Waals surface area (Å²) in [4.78, 5) is 40.7. The summed E-state index contributed by atoms with van der Waals surface area (Å²) in [5, 5.41) is 15.4. The second kappa shape index (κ2) is 9.44. The Morgan fingerprint density at radius 3 is 2.15 bits per heavy atom. The van der Waals surface area contributed by atoms with Crippen LogP contribution in [-0.4, -0.2) is 52.7 Å². The van der Waals surface area contributed by atoms with Crippen molar-refractivity contribution in [3.05, 3.63) is 59.9 Å². The third-order valence-electron chi connectivity index (χ3n) is 8.29. The van der Waals surface area contributed by atoms with E-state index in [1.54, 1.807) is 35.2 Å². The number of hydrogen-bond donors (Lipinski definition) is 2. The Balaban J connectivity index is 1.21. The number of nitriles is 1. The number of alkyl halides is 2. The van der Waals surface area contributed by atoms with Gasteiger partial charge in [0.15, 0.2) is 5.76 Å². The van der Waals surface area contributed by atoms with Gasteiger partial charge in [0.1, 0.15) is 16.7 Å². The number of nitrogens with one attached hydrogen (secondary N) is 2. The van der Waals surface area contributed by atoms with Gasteiger partial charge in [0.2, 0.25) is 11.8 Å². The highest BCUT2D eigenvalue weighted by Crippen LogP contribution is 2.41. The van der Waals surface area contributed by atoms with E-state index < -0.39 is 41.7 Å². The van der Waals surface area contributed by atoms with E-state index in [0.29, 0.717) is 29.4 Å². The summed E-state index contributed by atoms with van der Waals surface area (Å²) >= 11 is 0. The van der Waals surface area contributed by atoms with Crippen LogP contribution in [0.4, 0.5) is 8.78 Å². The predicted molar refractivity (Wildman–Crippen MR) is 142 cm³/mol. The molecule has 0 unspecified atom stereocenters. The highest BCUT2D eigenvalue weighted by molar-refractivity contribution is 6.01. The number of carbonyl (C=O) groups excluding carboxylic acids is 3. The van der Waals surface area contributed by atoms with Crippen molar-refractivity contribution in [3.8, 4) is 17.2 Å². The number of halogens is 2. The molecule has 1 aromatic heterocycles. The third kappa shape index (κ3) is 4.81. The first-order valence-corrected chi connectivity index (χ1v) is 13.5. The van der Waals surface area contributed by atoms with Crippen molar-refractivity contribution in [1.82, 2.24) is 15.5 Å². The normalized spacial score (nSPS) is 20.2. The average Bonchev–Trinajstić information content (AvgIpc) is 3.55. The zero-order valence-corrected chi connectivity index (χ0v) is 21.8. The van der Waals surface area contributed by atoms with Gasteiger partial charge in [0.05, 0.1) is 6.07 Å². The lowest BCUT2D eigenvalue weighted by atomic mass is 9.78. The first-order chi connectivity index (χ1) is 19.1. The fraction of sp³-hybridized carbons (Fsp3) is 0.400. The van der Waals surface area contributed by atoms with Crippen molar-refractivity contribution >= 4 is 28.7 Å². The smallest absolute Gasteiger partial charge is 0.287 e. The number of furan rings is 1. The van der Waals surface area contributed by atoms with Gasteiger partial charge in [-0.25, -0.2) is 8.78 Å². The highest BCUT2D eigenvalue weighted by atomic mass is 19.3. The largest absolute Gasteiger partial charge is 0.451 e. The quantitative estimate of drug-likeness (QED) is 0.461. The third-order valence-corrected chi connectivity index (χ3v) is 8.29. The van der Waals surface area contributed by atoms with Crippen LogP contribution in [0.5, 0.6) is 0 Å². The predicted octanol–water partition coefficient (Wildman–Crippen LogP) is 4.80. The van der Waals surface area contributed by atoms with Crippen LogP contribution in [0, 0.1) is 11.3 Å². The summed E-state index contributed by atoms with van der Waals surface area (Å²) in [5.74, 6) is -4.26. The molecule has 2 saturated carbocycles. The molecule has 0 atom stereocenters. The van der Waals surface area contributed by atoms with E-state index in [2.05, 4.69) is 16.7 Å². The van der Waals surface area contributed by atoms with Gasteiger partial charge < -0.3 is 20.0 Å². The second-order valence-corrected chi connectivity index (χ2v) is 11.1. The van der Waals surface area contributed by atoms with Gasteiger partial charge in [-0.15, -0.1) is 0 Å². The average molecular weight is 547 g/mol. The zero-order valence-electron chi connectivity index (χ0n) is 21.8. The Hall–Kier alpha value is -4.26. The van der Waals surface area contributed by atoms with Gasteiger partial charge in [-0.2, -0.15) is 5.26 Å². The van der Waals surface area contributed by atoms with Crippen LogP contribution >= 0.6 is 0 Å². The summed E-state index contributed by atoms with van der Waals surface area (Å²) in [6.45, 7) is 1.56. The van der Waals surface area contributed by atoms with Crippen molar-refractivity contribution in [2.45, 2.75) is 61.9 Å². The van der Waals surface area contributed by atoms with Crippen LogP contribution < -0.4 is 10.6 Å². The summed E-state index contributed by atoms with van der Waals surface area (Å²) in [7, 11) is 0. The molecule has 2 N–H and O–H groups in total. The molecule has 8 nitrogen and oxygen atoms in total. The van der Waals surface area contributed by atoms with E-state index in [4.69, 9.17) is 4.42 Å². The highest BCUT2D eigenvalue weighted by Gasteiger charge is 2.53. The molecule has 40 heavy (non-hydrogen) atoms. The Kier molecular flexibility index (Phi) is 6.13. The van der Waals surface area contributed by atoms with E-state index in [1.165, 1.54) is 0 Å². The molecule has 0 spiro atoms. The summed E-state index contributed by atoms with van der Waals surface area (Å²) in [6.07, 6.45) is 0.397. The maximum absolute atomic E-state index is 14.0. The molecule has 1 saturated heterocycles. The van der Waals surface area contributed by atoms with Crippen LogP contribution in [0.15, 0.2) is 52.9 Å². The van der Waals surface area contributed by atoms with E-state index >= 15 is 0 Å². The topological polar surface area (TPSA) is 115 Å². The van der Waals surface area contributed by atoms with E-state index in [1.807, 2.05) is 18.2 Å². The molecular formula is C30H28F2N4O4. The number of amides is 3. The SMILES string of the molecule is N#CC1(NC(=O)C2(NC(=O)c3cc4ccc(-c5ccc(C(=O)N6CCC6)cc5)cc4o3)CCC(F)(F)CC2)CC1. The molecule has 1 aliphatic heterocycles. The maximum Gasteiger partial charge on any atom is 0.287 e. The summed E-state index contributed by atoms with van der Waals surface area (Å²) in [5.41, 5.74) is 0.207. The number of rotatable bonds is 6. The van der Waals surface area contributed by atoms with E-state index in [9.17, 15) is 28.4 Å². The summed E-state index contributed by atoms with van der Waals surface area (Å²) in [6, 6.07) is 16.4. The molecule has 2 aromatic carbocycles. The standard InChI is InChI=1S/C30H28F2N4O4/c31-30(32)12-10-29(11-13-30,27(39)35-28(18-33)8-9-28)34-25(37)24-17-22-7-6-21(16-23(22)40-24)19-2-4-20(5-3-19)26(38)36-14-1-15-36/h2-7,16-17H,1,8-15H2,(H,34,37)(H,35,39). The van der Waals surface area contributed by atoms with Crippen LogP contribution in [0.2, 0.25) is 0 Å². The van der Waals surface area contributed by atoms with Crippen LogP contribution in [0.1, 0.15) is 65.9 Å². The lowest BCUT2D eigenvalue weighted by Gasteiger charge is -2.39. The lowest BCUT2D eigenvalue weighted by molar-refractivity contribution is -0.133. The number of carbonyl (C=O) groups is 3. The number of likely N-dealkylation sites (tertiary alicyclic amines) is 1. The molecule has 3 aliphatic rings.